The SMILES string of the molecule is CCCNCCNC(=O)Cn1ncc(=O)c2ccccc21. The molecule has 0 spiro atoms. The monoisotopic (exact) mass is 288 g/mol. The highest BCUT2D eigenvalue weighted by atomic mass is 16.2. The van der Waals surface area contributed by atoms with E-state index in [2.05, 4.69) is 22.7 Å². The van der Waals surface area contributed by atoms with Crippen LogP contribution in [0.25, 0.3) is 10.9 Å². The van der Waals surface area contributed by atoms with Crippen LogP contribution < -0.4 is 16.1 Å². The van der Waals surface area contributed by atoms with Gasteiger partial charge < -0.3 is 10.6 Å². The summed E-state index contributed by atoms with van der Waals surface area (Å²) in [6, 6.07) is 7.16. The molecule has 112 valence electrons. The van der Waals surface area contributed by atoms with Gasteiger partial charge in [0.15, 0.2) is 0 Å². The van der Waals surface area contributed by atoms with Gasteiger partial charge in [-0.15, -0.1) is 0 Å². The van der Waals surface area contributed by atoms with Gasteiger partial charge in [0, 0.05) is 18.5 Å². The Morgan fingerprint density at radius 1 is 1.24 bits per heavy atom. The Kier molecular flexibility index (Phi) is 5.45. The number of para-hydroxylation sites is 1. The second-order valence-electron chi connectivity index (χ2n) is 4.78. The number of benzene rings is 1. The molecule has 2 aromatic rings. The fourth-order valence-corrected chi connectivity index (χ4v) is 2.07. The van der Waals surface area contributed by atoms with Crippen LogP contribution in [0.1, 0.15) is 13.3 Å². The largest absolute Gasteiger partial charge is 0.353 e. The molecule has 0 aliphatic carbocycles. The van der Waals surface area contributed by atoms with Gasteiger partial charge in [-0.05, 0) is 25.1 Å². The van der Waals surface area contributed by atoms with Crippen LogP contribution in [-0.4, -0.2) is 35.3 Å². The van der Waals surface area contributed by atoms with Crippen molar-refractivity contribution in [3.05, 3.63) is 40.7 Å². The molecule has 0 atom stereocenters. The number of amides is 1. The second-order valence-corrected chi connectivity index (χ2v) is 4.78. The maximum Gasteiger partial charge on any atom is 0.241 e. The number of nitrogens with zero attached hydrogens (tertiary/aromatic N) is 2. The Labute approximate surface area is 123 Å². The maximum absolute atomic E-state index is 11.9. The third-order valence-corrected chi connectivity index (χ3v) is 3.11. The van der Waals surface area contributed by atoms with Crippen LogP contribution in [0.2, 0.25) is 0 Å². The molecule has 1 amide bonds. The first-order valence-electron chi connectivity index (χ1n) is 7.14. The molecule has 2 rings (SSSR count). The summed E-state index contributed by atoms with van der Waals surface area (Å²) >= 11 is 0. The molecular formula is C15H20N4O2. The van der Waals surface area contributed by atoms with E-state index in [4.69, 9.17) is 0 Å². The third kappa shape index (κ3) is 4.13. The first kappa shape index (κ1) is 15.2. The normalized spacial score (nSPS) is 10.7. The summed E-state index contributed by atoms with van der Waals surface area (Å²) in [5.74, 6) is -0.116. The van der Waals surface area contributed by atoms with Crippen LogP contribution in [0.15, 0.2) is 35.3 Å². The van der Waals surface area contributed by atoms with Crippen molar-refractivity contribution in [2.75, 3.05) is 19.6 Å². The number of carbonyl (C=O) groups excluding carboxylic acids is 1. The smallest absolute Gasteiger partial charge is 0.241 e. The molecule has 1 heterocycles. The summed E-state index contributed by atoms with van der Waals surface area (Å²) in [5.41, 5.74) is 0.537. The lowest BCUT2D eigenvalue weighted by molar-refractivity contribution is -0.121. The number of carbonyl (C=O) groups is 1. The average Bonchev–Trinajstić information content (AvgIpc) is 2.50. The predicted molar refractivity (Wildman–Crippen MR) is 82.2 cm³/mol. The van der Waals surface area contributed by atoms with Crippen molar-refractivity contribution in [3.63, 3.8) is 0 Å². The first-order valence-corrected chi connectivity index (χ1v) is 7.14. The summed E-state index contributed by atoms with van der Waals surface area (Å²) in [7, 11) is 0. The molecular weight excluding hydrogens is 268 g/mol. The molecule has 0 radical (unpaired) electrons. The molecule has 0 bridgehead atoms. The number of hydrogen-bond acceptors (Lipinski definition) is 4. The van der Waals surface area contributed by atoms with Gasteiger partial charge in [-0.25, -0.2) is 0 Å². The summed E-state index contributed by atoms with van der Waals surface area (Å²) in [6.07, 6.45) is 2.32. The molecule has 0 aliphatic rings. The van der Waals surface area contributed by atoms with E-state index in [1.165, 1.54) is 6.20 Å². The van der Waals surface area contributed by atoms with E-state index in [1.807, 2.05) is 6.07 Å². The molecule has 0 unspecified atom stereocenters. The summed E-state index contributed by atoms with van der Waals surface area (Å²) in [4.78, 5) is 23.6. The maximum atomic E-state index is 11.9. The first-order chi connectivity index (χ1) is 10.2. The van der Waals surface area contributed by atoms with E-state index < -0.39 is 0 Å². The minimum atomic E-state index is -0.133. The van der Waals surface area contributed by atoms with Crippen molar-refractivity contribution in [1.82, 2.24) is 20.4 Å². The van der Waals surface area contributed by atoms with Crippen molar-refractivity contribution in [2.24, 2.45) is 0 Å². The quantitative estimate of drug-likeness (QED) is 0.728. The van der Waals surface area contributed by atoms with Gasteiger partial charge in [0.25, 0.3) is 0 Å². The van der Waals surface area contributed by atoms with Crippen LogP contribution in [0.3, 0.4) is 0 Å². The van der Waals surface area contributed by atoms with Crippen LogP contribution in [0.5, 0.6) is 0 Å². The highest BCUT2D eigenvalue weighted by Crippen LogP contribution is 2.07. The molecule has 6 heteroatoms. The molecule has 0 saturated heterocycles. The Balaban J connectivity index is 1.98. The van der Waals surface area contributed by atoms with Crippen molar-refractivity contribution >= 4 is 16.8 Å². The Morgan fingerprint density at radius 2 is 2.05 bits per heavy atom. The zero-order valence-corrected chi connectivity index (χ0v) is 12.1. The average molecular weight is 288 g/mol. The van der Waals surface area contributed by atoms with E-state index in [9.17, 15) is 9.59 Å². The summed E-state index contributed by atoms with van der Waals surface area (Å²) < 4.78 is 1.55. The fourth-order valence-electron chi connectivity index (χ4n) is 2.07. The number of rotatable bonds is 7. The molecule has 21 heavy (non-hydrogen) atoms. The molecule has 6 nitrogen and oxygen atoms in total. The van der Waals surface area contributed by atoms with Crippen LogP contribution >= 0.6 is 0 Å². The molecule has 0 aliphatic heterocycles. The van der Waals surface area contributed by atoms with E-state index >= 15 is 0 Å². The number of fused-ring (bicyclic) bond motifs is 1. The van der Waals surface area contributed by atoms with Gasteiger partial charge >= 0.3 is 0 Å². The van der Waals surface area contributed by atoms with Crippen molar-refractivity contribution in [3.8, 4) is 0 Å². The lowest BCUT2D eigenvalue weighted by Gasteiger charge is -2.10. The summed E-state index contributed by atoms with van der Waals surface area (Å²) in [5, 5.41) is 10.6. The van der Waals surface area contributed by atoms with E-state index in [1.54, 1.807) is 22.9 Å². The zero-order chi connectivity index (χ0) is 15.1. The van der Waals surface area contributed by atoms with Gasteiger partial charge in [-0.1, -0.05) is 19.1 Å². The van der Waals surface area contributed by atoms with Gasteiger partial charge in [0.05, 0.1) is 11.7 Å². The number of aromatic nitrogens is 2. The third-order valence-electron chi connectivity index (χ3n) is 3.11. The summed E-state index contributed by atoms with van der Waals surface area (Å²) in [6.45, 7) is 4.48. The van der Waals surface area contributed by atoms with Crippen molar-refractivity contribution in [1.29, 1.82) is 0 Å². The molecule has 0 fully saturated rings. The minimum Gasteiger partial charge on any atom is -0.353 e. The highest BCUT2D eigenvalue weighted by Gasteiger charge is 2.07. The van der Waals surface area contributed by atoms with Crippen LogP contribution in [0.4, 0.5) is 0 Å². The second kappa shape index (κ2) is 7.54. The highest BCUT2D eigenvalue weighted by molar-refractivity contribution is 5.81. The minimum absolute atomic E-state index is 0.106. The molecule has 1 aromatic heterocycles. The predicted octanol–water partition coefficient (Wildman–Crippen LogP) is 0.512. The van der Waals surface area contributed by atoms with E-state index in [0.717, 1.165) is 19.5 Å². The lowest BCUT2D eigenvalue weighted by Crippen LogP contribution is -2.34. The molecule has 1 aromatic carbocycles. The van der Waals surface area contributed by atoms with E-state index in [-0.39, 0.29) is 17.9 Å². The standard InChI is InChI=1S/C15H20N4O2/c1-2-7-16-8-9-17-15(21)11-19-13-6-4-3-5-12(13)14(20)10-18-19/h3-6,10,16H,2,7-9,11H2,1H3,(H,17,21). The van der Waals surface area contributed by atoms with Crippen LogP contribution in [-0.2, 0) is 11.3 Å². The van der Waals surface area contributed by atoms with Crippen molar-refractivity contribution < 1.29 is 4.79 Å². The van der Waals surface area contributed by atoms with Gasteiger partial charge in [0.1, 0.15) is 6.54 Å². The number of hydrogen-bond donors (Lipinski definition) is 2. The van der Waals surface area contributed by atoms with Gasteiger partial charge in [0.2, 0.25) is 11.3 Å². The van der Waals surface area contributed by atoms with Gasteiger partial charge in [-0.2, -0.15) is 5.10 Å². The number of nitrogens with one attached hydrogen (secondary N) is 2. The zero-order valence-electron chi connectivity index (χ0n) is 12.1. The van der Waals surface area contributed by atoms with Gasteiger partial charge in [-0.3, -0.25) is 14.3 Å². The molecule has 0 saturated carbocycles. The topological polar surface area (TPSA) is 76.0 Å². The molecule has 2 N–H and O–H groups in total. The Hall–Kier alpha value is -2.21. The van der Waals surface area contributed by atoms with Crippen molar-refractivity contribution in [2.45, 2.75) is 19.9 Å². The Morgan fingerprint density at radius 3 is 2.86 bits per heavy atom. The van der Waals surface area contributed by atoms with Crippen LogP contribution in [0, 0.1) is 0 Å². The lowest BCUT2D eigenvalue weighted by atomic mass is 10.2. The fraction of sp³-hybridized carbons (Fsp3) is 0.400. The van der Waals surface area contributed by atoms with E-state index in [0.29, 0.717) is 17.4 Å². The Bertz CT molecular complexity index is 666.